The highest BCUT2D eigenvalue weighted by Gasteiger charge is 2.21. The average molecular weight is 486 g/mol. The Morgan fingerprint density at radius 1 is 0.964 bits per heavy atom. The van der Waals surface area contributed by atoms with Crippen molar-refractivity contribution < 1.29 is 4.79 Å². The van der Waals surface area contributed by atoms with Crippen LogP contribution in [-0.2, 0) is 0 Å². The molecule has 7 nitrogen and oxygen atoms in total. The molecule has 4 rings (SSSR count). The number of amides is 1. The normalized spacial score (nSPS) is 14.0. The maximum atomic E-state index is 12.6. The summed E-state index contributed by atoms with van der Waals surface area (Å²) in [5.41, 5.74) is 2.38. The highest BCUT2D eigenvalue weighted by molar-refractivity contribution is 14.1. The van der Waals surface area contributed by atoms with Crippen molar-refractivity contribution in [1.82, 2.24) is 15.0 Å². The van der Waals surface area contributed by atoms with Crippen LogP contribution in [-0.4, -0.2) is 47.0 Å². The minimum absolute atomic E-state index is 0.159. The first-order valence-electron chi connectivity index (χ1n) is 8.97. The Bertz CT molecular complexity index is 945. The van der Waals surface area contributed by atoms with Crippen LogP contribution in [0, 0.1) is 3.57 Å². The number of carbonyl (C=O) groups is 1. The van der Waals surface area contributed by atoms with Crippen LogP contribution in [0.5, 0.6) is 0 Å². The molecule has 1 aromatic carbocycles. The van der Waals surface area contributed by atoms with Gasteiger partial charge in [0, 0.05) is 54.5 Å². The zero-order chi connectivity index (χ0) is 19.3. The molecule has 0 unspecified atom stereocenters. The molecule has 142 valence electrons. The van der Waals surface area contributed by atoms with Crippen LogP contribution in [0.25, 0.3) is 0 Å². The summed E-state index contributed by atoms with van der Waals surface area (Å²) in [4.78, 5) is 29.7. The van der Waals surface area contributed by atoms with Crippen LogP contribution < -0.4 is 15.1 Å². The van der Waals surface area contributed by atoms with Crippen molar-refractivity contribution in [3.05, 3.63) is 70.4 Å². The Labute approximate surface area is 177 Å². The molecule has 1 fully saturated rings. The molecule has 1 saturated heterocycles. The molecule has 1 amide bonds. The summed E-state index contributed by atoms with van der Waals surface area (Å²) in [6, 6.07) is 9.58. The fraction of sp³-hybridized carbons (Fsp3) is 0.200. The highest BCUT2D eigenvalue weighted by Crippen LogP contribution is 2.30. The van der Waals surface area contributed by atoms with E-state index in [-0.39, 0.29) is 5.91 Å². The molecular weight excluding hydrogens is 467 g/mol. The summed E-state index contributed by atoms with van der Waals surface area (Å²) in [7, 11) is 0. The van der Waals surface area contributed by atoms with Crippen LogP contribution in [0.15, 0.2) is 61.3 Å². The summed E-state index contributed by atoms with van der Waals surface area (Å²) < 4.78 is 1.13. The predicted molar refractivity (Wildman–Crippen MR) is 118 cm³/mol. The molecule has 3 aromatic rings. The molecule has 0 atom stereocenters. The smallest absolute Gasteiger partial charge is 0.257 e. The van der Waals surface area contributed by atoms with E-state index < -0.39 is 0 Å². The maximum absolute atomic E-state index is 12.6. The minimum Gasteiger partial charge on any atom is -0.366 e. The number of rotatable bonds is 4. The number of benzene rings is 1. The van der Waals surface area contributed by atoms with Gasteiger partial charge in [-0.15, -0.1) is 0 Å². The molecule has 0 spiro atoms. The summed E-state index contributed by atoms with van der Waals surface area (Å²) in [6.45, 7) is 3.37. The Hall–Kier alpha value is -2.75. The molecule has 2 aromatic heterocycles. The van der Waals surface area contributed by atoms with Gasteiger partial charge in [-0.3, -0.25) is 14.8 Å². The molecule has 0 radical (unpaired) electrons. The van der Waals surface area contributed by atoms with E-state index in [4.69, 9.17) is 0 Å². The Morgan fingerprint density at radius 2 is 1.75 bits per heavy atom. The zero-order valence-electron chi connectivity index (χ0n) is 15.1. The van der Waals surface area contributed by atoms with Crippen molar-refractivity contribution in [3.8, 4) is 0 Å². The van der Waals surface area contributed by atoms with Crippen molar-refractivity contribution >= 4 is 45.7 Å². The van der Waals surface area contributed by atoms with Gasteiger partial charge in [-0.25, -0.2) is 4.98 Å². The van der Waals surface area contributed by atoms with Gasteiger partial charge in [-0.05, 0) is 52.9 Å². The number of anilines is 3. The molecule has 8 heteroatoms. The van der Waals surface area contributed by atoms with E-state index in [0.717, 1.165) is 46.9 Å². The second kappa shape index (κ2) is 8.51. The first-order valence-corrected chi connectivity index (χ1v) is 10.1. The predicted octanol–water partition coefficient (Wildman–Crippen LogP) is 3.06. The molecule has 0 bridgehead atoms. The lowest BCUT2D eigenvalue weighted by molar-refractivity contribution is 0.102. The average Bonchev–Trinajstić information content (AvgIpc) is 2.76. The number of piperazine rings is 1. The Balaban J connectivity index is 1.50. The SMILES string of the molecule is O=C(Nc1ccc(I)cc1N1CCN(c2cnccn2)CC1)c1cccnc1. The van der Waals surface area contributed by atoms with E-state index >= 15 is 0 Å². The molecule has 0 aliphatic carbocycles. The van der Waals surface area contributed by atoms with Crippen molar-refractivity contribution in [3.63, 3.8) is 0 Å². The van der Waals surface area contributed by atoms with E-state index in [2.05, 4.69) is 58.7 Å². The number of hydrogen-bond donors (Lipinski definition) is 1. The Kier molecular flexibility index (Phi) is 5.65. The molecule has 1 aliphatic rings. The van der Waals surface area contributed by atoms with E-state index in [0.29, 0.717) is 5.56 Å². The lowest BCUT2D eigenvalue weighted by Gasteiger charge is -2.37. The van der Waals surface area contributed by atoms with Crippen LogP contribution in [0.2, 0.25) is 0 Å². The lowest BCUT2D eigenvalue weighted by atomic mass is 10.2. The van der Waals surface area contributed by atoms with Gasteiger partial charge in [0.25, 0.3) is 5.91 Å². The van der Waals surface area contributed by atoms with E-state index in [9.17, 15) is 4.79 Å². The second-order valence-corrected chi connectivity index (χ2v) is 7.64. The van der Waals surface area contributed by atoms with Crippen LogP contribution in [0.1, 0.15) is 10.4 Å². The molecule has 0 saturated carbocycles. The zero-order valence-corrected chi connectivity index (χ0v) is 17.3. The van der Waals surface area contributed by atoms with Gasteiger partial charge in [0.2, 0.25) is 0 Å². The number of nitrogens with one attached hydrogen (secondary N) is 1. The first-order chi connectivity index (χ1) is 13.7. The molecule has 3 heterocycles. The maximum Gasteiger partial charge on any atom is 0.257 e. The number of hydrogen-bond acceptors (Lipinski definition) is 6. The minimum atomic E-state index is -0.159. The largest absolute Gasteiger partial charge is 0.366 e. The van der Waals surface area contributed by atoms with Crippen molar-refractivity contribution in [2.24, 2.45) is 0 Å². The van der Waals surface area contributed by atoms with E-state index in [1.165, 1.54) is 0 Å². The third-order valence-corrected chi connectivity index (χ3v) is 5.30. The number of carbonyl (C=O) groups excluding carboxylic acids is 1. The second-order valence-electron chi connectivity index (χ2n) is 6.40. The fourth-order valence-corrected chi connectivity index (χ4v) is 3.67. The Morgan fingerprint density at radius 3 is 2.46 bits per heavy atom. The number of pyridine rings is 1. The fourth-order valence-electron chi connectivity index (χ4n) is 3.19. The summed E-state index contributed by atoms with van der Waals surface area (Å²) >= 11 is 2.30. The summed E-state index contributed by atoms with van der Waals surface area (Å²) in [5, 5.41) is 3.03. The van der Waals surface area contributed by atoms with Crippen molar-refractivity contribution in [2.75, 3.05) is 41.3 Å². The van der Waals surface area contributed by atoms with Crippen LogP contribution >= 0.6 is 22.6 Å². The quantitative estimate of drug-likeness (QED) is 0.572. The lowest BCUT2D eigenvalue weighted by Crippen LogP contribution is -2.47. The van der Waals surface area contributed by atoms with Gasteiger partial charge in [-0.2, -0.15) is 0 Å². The molecule has 1 N–H and O–H groups in total. The van der Waals surface area contributed by atoms with Crippen molar-refractivity contribution in [1.29, 1.82) is 0 Å². The number of aromatic nitrogens is 3. The standard InChI is InChI=1S/C20H19IN6O/c21-16-3-4-17(25-20(28)15-2-1-5-22-13-15)18(12-16)26-8-10-27(11-9-26)19-14-23-6-7-24-19/h1-7,12-14H,8-11H2,(H,25,28). The van der Waals surface area contributed by atoms with Gasteiger partial charge >= 0.3 is 0 Å². The number of halogens is 1. The highest BCUT2D eigenvalue weighted by atomic mass is 127. The van der Waals surface area contributed by atoms with Gasteiger partial charge in [-0.1, -0.05) is 0 Å². The van der Waals surface area contributed by atoms with E-state index in [1.807, 2.05) is 12.1 Å². The van der Waals surface area contributed by atoms with Gasteiger partial charge in [0.1, 0.15) is 5.82 Å². The summed E-state index contributed by atoms with van der Waals surface area (Å²) in [5.74, 6) is 0.739. The van der Waals surface area contributed by atoms with E-state index in [1.54, 1.807) is 43.1 Å². The van der Waals surface area contributed by atoms with Crippen LogP contribution in [0.3, 0.4) is 0 Å². The van der Waals surface area contributed by atoms with Gasteiger partial charge < -0.3 is 15.1 Å². The van der Waals surface area contributed by atoms with Gasteiger partial charge in [0.05, 0.1) is 23.1 Å². The first kappa shape index (κ1) is 18.6. The third kappa shape index (κ3) is 4.22. The third-order valence-electron chi connectivity index (χ3n) is 4.63. The summed E-state index contributed by atoms with van der Waals surface area (Å²) in [6.07, 6.45) is 8.42. The van der Waals surface area contributed by atoms with Gasteiger partial charge in [0.15, 0.2) is 0 Å². The molecule has 1 aliphatic heterocycles. The number of nitrogens with zero attached hydrogens (tertiary/aromatic N) is 5. The molecular formula is C20H19IN6O. The topological polar surface area (TPSA) is 74.2 Å². The van der Waals surface area contributed by atoms with Crippen LogP contribution in [0.4, 0.5) is 17.2 Å². The molecule has 28 heavy (non-hydrogen) atoms. The van der Waals surface area contributed by atoms with Crippen molar-refractivity contribution in [2.45, 2.75) is 0 Å². The monoisotopic (exact) mass is 486 g/mol.